The van der Waals surface area contributed by atoms with E-state index in [1.54, 1.807) is 13.8 Å². The summed E-state index contributed by atoms with van der Waals surface area (Å²) >= 11 is 6.08. The molecule has 0 bridgehead atoms. The van der Waals surface area contributed by atoms with Crippen molar-refractivity contribution in [3.8, 4) is 0 Å². The Morgan fingerprint density at radius 2 is 2.22 bits per heavy atom. The maximum atomic E-state index is 11.0. The largest absolute Gasteiger partial charge is 0.389 e. The molecule has 0 aliphatic heterocycles. The van der Waals surface area contributed by atoms with Gasteiger partial charge in [0, 0.05) is 19.3 Å². The van der Waals surface area contributed by atoms with Crippen molar-refractivity contribution >= 4 is 23.3 Å². The second-order valence-electron chi connectivity index (χ2n) is 4.72. The smallest absolute Gasteiger partial charge is 0.250 e. The van der Waals surface area contributed by atoms with E-state index in [9.17, 15) is 9.90 Å². The minimum atomic E-state index is -0.858. The Kier molecular flexibility index (Phi) is 4.53. The van der Waals surface area contributed by atoms with E-state index in [1.165, 1.54) is 12.3 Å². The molecule has 0 aliphatic rings. The van der Waals surface area contributed by atoms with Gasteiger partial charge in [0.15, 0.2) is 0 Å². The number of anilines is 1. The van der Waals surface area contributed by atoms with Gasteiger partial charge in [0.05, 0.1) is 16.2 Å². The quantitative estimate of drug-likeness (QED) is 0.849. The van der Waals surface area contributed by atoms with Crippen molar-refractivity contribution in [2.45, 2.75) is 26.4 Å². The summed E-state index contributed by atoms with van der Waals surface area (Å²) in [4.78, 5) is 17.0. The number of amides is 1. The van der Waals surface area contributed by atoms with E-state index >= 15 is 0 Å². The van der Waals surface area contributed by atoms with Crippen molar-refractivity contribution in [1.82, 2.24) is 4.98 Å². The van der Waals surface area contributed by atoms with Crippen molar-refractivity contribution in [2.24, 2.45) is 5.73 Å². The maximum absolute atomic E-state index is 11.0. The topological polar surface area (TPSA) is 79.4 Å². The minimum absolute atomic E-state index is 0.267. The van der Waals surface area contributed by atoms with E-state index in [1.807, 2.05) is 11.8 Å². The van der Waals surface area contributed by atoms with Crippen LogP contribution in [0.2, 0.25) is 5.02 Å². The van der Waals surface area contributed by atoms with Crippen LogP contribution in [0.25, 0.3) is 0 Å². The average molecular weight is 272 g/mol. The number of nitrogens with two attached hydrogens (primary N) is 1. The summed E-state index contributed by atoms with van der Waals surface area (Å²) in [5.41, 5.74) is 4.56. The molecule has 0 spiro atoms. The van der Waals surface area contributed by atoms with Gasteiger partial charge in [-0.25, -0.2) is 4.98 Å². The van der Waals surface area contributed by atoms with Crippen molar-refractivity contribution < 1.29 is 9.90 Å². The second-order valence-corrected chi connectivity index (χ2v) is 5.13. The number of nitrogens with zero attached hydrogens (tertiary/aromatic N) is 2. The van der Waals surface area contributed by atoms with E-state index in [0.29, 0.717) is 23.9 Å². The average Bonchev–Trinajstić information content (AvgIpc) is 2.24. The molecule has 100 valence electrons. The maximum Gasteiger partial charge on any atom is 0.250 e. The number of likely N-dealkylation sites (N-methyl/N-ethyl adjacent to an activating group) is 1. The van der Waals surface area contributed by atoms with Crippen LogP contribution in [-0.2, 0) is 0 Å². The van der Waals surface area contributed by atoms with Crippen molar-refractivity contribution in [3.05, 3.63) is 22.8 Å². The lowest BCUT2D eigenvalue weighted by atomic mass is 10.1. The Bertz CT molecular complexity index is 443. The highest BCUT2D eigenvalue weighted by atomic mass is 35.5. The summed E-state index contributed by atoms with van der Waals surface area (Å²) in [5, 5.41) is 10.2. The zero-order valence-corrected chi connectivity index (χ0v) is 11.5. The van der Waals surface area contributed by atoms with Crippen LogP contribution in [0.3, 0.4) is 0 Å². The van der Waals surface area contributed by atoms with Gasteiger partial charge in [-0.05, 0) is 26.8 Å². The highest BCUT2D eigenvalue weighted by Gasteiger charge is 2.20. The van der Waals surface area contributed by atoms with Gasteiger partial charge in [0.1, 0.15) is 5.82 Å². The fourth-order valence-corrected chi connectivity index (χ4v) is 1.89. The lowest BCUT2D eigenvalue weighted by Crippen LogP contribution is -2.39. The van der Waals surface area contributed by atoms with Gasteiger partial charge in [0.2, 0.25) is 5.91 Å². The van der Waals surface area contributed by atoms with Gasteiger partial charge in [-0.15, -0.1) is 0 Å². The minimum Gasteiger partial charge on any atom is -0.389 e. The van der Waals surface area contributed by atoms with Crippen LogP contribution in [-0.4, -0.2) is 34.7 Å². The lowest BCUT2D eigenvalue weighted by Gasteiger charge is -2.29. The highest BCUT2D eigenvalue weighted by Crippen LogP contribution is 2.25. The van der Waals surface area contributed by atoms with E-state index < -0.39 is 11.5 Å². The number of carbonyl (C=O) groups is 1. The highest BCUT2D eigenvalue weighted by molar-refractivity contribution is 6.33. The first-order valence-electron chi connectivity index (χ1n) is 5.67. The Morgan fingerprint density at radius 3 is 2.61 bits per heavy atom. The van der Waals surface area contributed by atoms with Gasteiger partial charge in [-0.1, -0.05) is 11.6 Å². The van der Waals surface area contributed by atoms with Crippen molar-refractivity contribution in [3.63, 3.8) is 0 Å². The molecule has 0 saturated carbocycles. The van der Waals surface area contributed by atoms with Gasteiger partial charge in [0.25, 0.3) is 0 Å². The van der Waals surface area contributed by atoms with E-state index in [-0.39, 0.29) is 5.56 Å². The monoisotopic (exact) mass is 271 g/mol. The van der Waals surface area contributed by atoms with Crippen LogP contribution >= 0.6 is 11.6 Å². The summed E-state index contributed by atoms with van der Waals surface area (Å²) in [6.07, 6.45) is 1.39. The van der Waals surface area contributed by atoms with Gasteiger partial charge in [-0.2, -0.15) is 0 Å². The third-order valence-corrected chi connectivity index (χ3v) is 2.64. The molecule has 0 aromatic carbocycles. The summed E-state index contributed by atoms with van der Waals surface area (Å²) in [7, 11) is 0. The fraction of sp³-hybridized carbons (Fsp3) is 0.500. The fourth-order valence-electron chi connectivity index (χ4n) is 1.60. The molecule has 0 unspecified atom stereocenters. The predicted octanol–water partition coefficient (Wildman–Crippen LogP) is 1.43. The number of primary amides is 1. The molecule has 1 aromatic rings. The van der Waals surface area contributed by atoms with Crippen LogP contribution in [0.5, 0.6) is 0 Å². The van der Waals surface area contributed by atoms with Gasteiger partial charge < -0.3 is 15.7 Å². The van der Waals surface area contributed by atoms with Crippen LogP contribution in [0.15, 0.2) is 12.3 Å². The number of halogens is 1. The number of aliphatic hydroxyl groups is 1. The molecule has 1 amide bonds. The van der Waals surface area contributed by atoms with E-state index in [2.05, 4.69) is 4.98 Å². The Hall–Kier alpha value is -1.33. The third-order valence-electron chi connectivity index (χ3n) is 2.37. The van der Waals surface area contributed by atoms with Gasteiger partial charge in [-0.3, -0.25) is 4.79 Å². The molecule has 3 N–H and O–H groups in total. The second kappa shape index (κ2) is 5.54. The molecule has 6 heteroatoms. The van der Waals surface area contributed by atoms with Gasteiger partial charge >= 0.3 is 0 Å². The van der Waals surface area contributed by atoms with Crippen LogP contribution in [0, 0.1) is 0 Å². The first-order valence-corrected chi connectivity index (χ1v) is 6.05. The first-order chi connectivity index (χ1) is 8.24. The number of aromatic nitrogens is 1. The first kappa shape index (κ1) is 14.7. The molecule has 18 heavy (non-hydrogen) atoms. The third kappa shape index (κ3) is 3.85. The molecule has 1 aromatic heterocycles. The molecule has 5 nitrogen and oxygen atoms in total. The molecule has 0 saturated heterocycles. The van der Waals surface area contributed by atoms with Crippen LogP contribution in [0.4, 0.5) is 5.82 Å². The number of carbonyl (C=O) groups excluding carboxylic acids is 1. The molecule has 0 atom stereocenters. The summed E-state index contributed by atoms with van der Waals surface area (Å²) in [5.74, 6) is -0.0345. The van der Waals surface area contributed by atoms with Crippen molar-refractivity contribution in [1.29, 1.82) is 0 Å². The van der Waals surface area contributed by atoms with Crippen molar-refractivity contribution in [2.75, 3.05) is 18.0 Å². The summed E-state index contributed by atoms with van der Waals surface area (Å²) in [6, 6.07) is 1.49. The SMILES string of the molecule is CCN(CC(C)(C)O)c1ncc(C(N)=O)cc1Cl. The lowest BCUT2D eigenvalue weighted by molar-refractivity contribution is 0.0873. The molecule has 0 radical (unpaired) electrons. The molecule has 1 heterocycles. The number of pyridine rings is 1. The predicted molar refractivity (Wildman–Crippen MR) is 71.9 cm³/mol. The molecule has 0 fully saturated rings. The standard InChI is InChI=1S/C12H18ClN3O2/c1-4-16(7-12(2,3)18)11-9(13)5-8(6-15-11)10(14)17/h5-6,18H,4,7H2,1-3H3,(H2,14,17). The summed E-state index contributed by atoms with van der Waals surface area (Å²) < 4.78 is 0. The van der Waals surface area contributed by atoms with E-state index in [0.717, 1.165) is 0 Å². The zero-order chi connectivity index (χ0) is 13.9. The van der Waals surface area contributed by atoms with E-state index in [4.69, 9.17) is 17.3 Å². The number of hydrogen-bond donors (Lipinski definition) is 2. The Morgan fingerprint density at radius 1 is 1.61 bits per heavy atom. The molecule has 1 rings (SSSR count). The summed E-state index contributed by atoms with van der Waals surface area (Å²) in [6.45, 7) is 6.40. The Balaban J connectivity index is 3.04. The van der Waals surface area contributed by atoms with Crippen LogP contribution < -0.4 is 10.6 Å². The molecular weight excluding hydrogens is 254 g/mol. The normalized spacial score (nSPS) is 11.4. The molecular formula is C12H18ClN3O2. The Labute approximate surface area is 112 Å². The number of rotatable bonds is 5. The molecule has 0 aliphatic carbocycles. The number of hydrogen-bond acceptors (Lipinski definition) is 4. The zero-order valence-electron chi connectivity index (χ0n) is 10.8. The van der Waals surface area contributed by atoms with Crippen LogP contribution in [0.1, 0.15) is 31.1 Å².